The van der Waals surface area contributed by atoms with E-state index in [2.05, 4.69) is 4.90 Å². The van der Waals surface area contributed by atoms with E-state index in [0.717, 1.165) is 23.4 Å². The molecule has 1 heterocycles. The van der Waals surface area contributed by atoms with Crippen molar-refractivity contribution in [2.75, 3.05) is 26.2 Å². The highest BCUT2D eigenvalue weighted by atomic mass is 32.1. The Bertz CT molecular complexity index is 442. The summed E-state index contributed by atoms with van der Waals surface area (Å²) in [6, 6.07) is 5.91. The highest BCUT2D eigenvalue weighted by Crippen LogP contribution is 2.23. The zero-order valence-corrected chi connectivity index (χ0v) is 12.3. The van der Waals surface area contributed by atoms with E-state index >= 15 is 0 Å². The summed E-state index contributed by atoms with van der Waals surface area (Å²) in [6.45, 7) is 6.09. The van der Waals surface area contributed by atoms with E-state index in [0.29, 0.717) is 11.6 Å². The van der Waals surface area contributed by atoms with Crippen LogP contribution in [0.5, 0.6) is 5.75 Å². The van der Waals surface area contributed by atoms with Gasteiger partial charge in [-0.15, -0.1) is 0 Å². The molecular weight excluding hydrogens is 256 g/mol. The topological polar surface area (TPSA) is 38.5 Å². The van der Waals surface area contributed by atoms with Gasteiger partial charge in [-0.1, -0.05) is 30.8 Å². The van der Waals surface area contributed by atoms with Gasteiger partial charge in [-0.25, -0.2) is 0 Å². The van der Waals surface area contributed by atoms with Gasteiger partial charge in [-0.05, 0) is 44.5 Å². The van der Waals surface area contributed by atoms with E-state index < -0.39 is 0 Å². The third-order valence-electron chi connectivity index (χ3n) is 3.58. The van der Waals surface area contributed by atoms with Crippen molar-refractivity contribution in [3.05, 3.63) is 29.3 Å². The summed E-state index contributed by atoms with van der Waals surface area (Å²) in [6.07, 6.45) is 3.98. The molecule has 2 rings (SSSR count). The molecule has 1 aliphatic heterocycles. The van der Waals surface area contributed by atoms with Crippen molar-refractivity contribution >= 4 is 17.2 Å². The average Bonchev–Trinajstić information content (AvgIpc) is 2.41. The van der Waals surface area contributed by atoms with Crippen LogP contribution in [0.4, 0.5) is 0 Å². The third kappa shape index (κ3) is 3.91. The van der Waals surface area contributed by atoms with E-state index in [1.807, 2.05) is 25.1 Å². The van der Waals surface area contributed by atoms with Crippen molar-refractivity contribution in [2.45, 2.75) is 26.2 Å². The zero-order valence-electron chi connectivity index (χ0n) is 11.5. The van der Waals surface area contributed by atoms with Crippen LogP contribution in [0.2, 0.25) is 0 Å². The van der Waals surface area contributed by atoms with Crippen LogP contribution in [0, 0.1) is 6.92 Å². The lowest BCUT2D eigenvalue weighted by Gasteiger charge is -2.26. The maximum absolute atomic E-state index is 5.92. The summed E-state index contributed by atoms with van der Waals surface area (Å²) in [5.74, 6) is 0.840. The van der Waals surface area contributed by atoms with Crippen molar-refractivity contribution in [3.63, 3.8) is 0 Å². The molecule has 1 aromatic rings. The number of hydrogen-bond acceptors (Lipinski definition) is 3. The number of piperidine rings is 1. The van der Waals surface area contributed by atoms with Gasteiger partial charge < -0.3 is 10.5 Å². The summed E-state index contributed by atoms with van der Waals surface area (Å²) in [5.41, 5.74) is 7.67. The lowest BCUT2D eigenvalue weighted by molar-refractivity contribution is 0.183. The number of rotatable bonds is 5. The molecule has 1 saturated heterocycles. The number of likely N-dealkylation sites (tertiary alicyclic amines) is 1. The number of thiocarbonyl (C=S) groups is 1. The molecule has 0 radical (unpaired) electrons. The highest BCUT2D eigenvalue weighted by Gasteiger charge is 2.12. The number of aryl methyl sites for hydroxylation is 1. The monoisotopic (exact) mass is 278 g/mol. The van der Waals surface area contributed by atoms with Crippen LogP contribution in [0.3, 0.4) is 0 Å². The molecule has 104 valence electrons. The molecule has 19 heavy (non-hydrogen) atoms. The second kappa shape index (κ2) is 6.87. The number of benzene rings is 1. The summed E-state index contributed by atoms with van der Waals surface area (Å²) < 4.78 is 5.92. The highest BCUT2D eigenvalue weighted by molar-refractivity contribution is 7.80. The predicted molar refractivity (Wildman–Crippen MR) is 82.9 cm³/mol. The minimum Gasteiger partial charge on any atom is -0.491 e. The van der Waals surface area contributed by atoms with Crippen molar-refractivity contribution in [1.29, 1.82) is 0 Å². The lowest BCUT2D eigenvalue weighted by atomic mass is 10.1. The maximum Gasteiger partial charge on any atom is 0.132 e. The second-order valence-electron chi connectivity index (χ2n) is 5.07. The average molecular weight is 278 g/mol. The molecule has 0 unspecified atom stereocenters. The molecule has 0 atom stereocenters. The quantitative estimate of drug-likeness (QED) is 0.840. The Hall–Kier alpha value is -1.13. The Labute approximate surface area is 120 Å². The van der Waals surface area contributed by atoms with Gasteiger partial charge in [0.25, 0.3) is 0 Å². The lowest BCUT2D eigenvalue weighted by Crippen LogP contribution is -2.33. The molecule has 0 saturated carbocycles. The number of nitrogens with two attached hydrogens (primary N) is 1. The molecule has 2 N–H and O–H groups in total. The summed E-state index contributed by atoms with van der Waals surface area (Å²) in [7, 11) is 0. The van der Waals surface area contributed by atoms with Gasteiger partial charge in [-0.2, -0.15) is 0 Å². The third-order valence-corrected chi connectivity index (χ3v) is 3.80. The first kappa shape index (κ1) is 14.3. The molecule has 1 fully saturated rings. The molecule has 0 spiro atoms. The van der Waals surface area contributed by atoms with Gasteiger partial charge in [0.1, 0.15) is 17.3 Å². The molecule has 0 aliphatic carbocycles. The van der Waals surface area contributed by atoms with Crippen LogP contribution in [0.25, 0.3) is 0 Å². The molecule has 0 bridgehead atoms. The van der Waals surface area contributed by atoms with Gasteiger partial charge >= 0.3 is 0 Å². The van der Waals surface area contributed by atoms with Crippen LogP contribution in [-0.4, -0.2) is 36.1 Å². The van der Waals surface area contributed by atoms with Gasteiger partial charge in [-0.3, -0.25) is 4.90 Å². The van der Waals surface area contributed by atoms with Gasteiger partial charge in [0.05, 0.1) is 5.56 Å². The predicted octanol–water partition coefficient (Wildman–Crippen LogP) is 2.49. The Morgan fingerprint density at radius 1 is 1.32 bits per heavy atom. The SMILES string of the molecule is Cc1cccc(C(N)=S)c1OCCN1CCCCC1. The Morgan fingerprint density at radius 2 is 2.05 bits per heavy atom. The van der Waals surface area contributed by atoms with Crippen LogP contribution in [0.1, 0.15) is 30.4 Å². The van der Waals surface area contributed by atoms with E-state index in [-0.39, 0.29) is 0 Å². The minimum absolute atomic E-state index is 0.400. The second-order valence-corrected chi connectivity index (χ2v) is 5.51. The molecule has 1 aliphatic rings. The van der Waals surface area contributed by atoms with Crippen LogP contribution in [0.15, 0.2) is 18.2 Å². The first-order chi connectivity index (χ1) is 9.18. The van der Waals surface area contributed by atoms with Crippen LogP contribution >= 0.6 is 12.2 Å². The minimum atomic E-state index is 0.400. The smallest absolute Gasteiger partial charge is 0.132 e. The summed E-state index contributed by atoms with van der Waals surface area (Å²) in [4.78, 5) is 2.86. The number of para-hydroxylation sites is 1. The number of ether oxygens (including phenoxy) is 1. The van der Waals surface area contributed by atoms with Crippen molar-refractivity contribution in [3.8, 4) is 5.75 Å². The van der Waals surface area contributed by atoms with Crippen molar-refractivity contribution in [1.82, 2.24) is 4.90 Å². The first-order valence-electron chi connectivity index (χ1n) is 6.93. The molecule has 3 nitrogen and oxygen atoms in total. The maximum atomic E-state index is 5.92. The summed E-state index contributed by atoms with van der Waals surface area (Å²) >= 11 is 5.07. The Balaban J connectivity index is 1.93. The van der Waals surface area contributed by atoms with Crippen LogP contribution < -0.4 is 10.5 Å². The van der Waals surface area contributed by atoms with Gasteiger partial charge in [0.2, 0.25) is 0 Å². The normalized spacial score (nSPS) is 16.3. The van der Waals surface area contributed by atoms with Crippen LogP contribution in [-0.2, 0) is 0 Å². The van der Waals surface area contributed by atoms with Gasteiger partial charge in [0.15, 0.2) is 0 Å². The molecule has 1 aromatic carbocycles. The molecule has 4 heteroatoms. The largest absolute Gasteiger partial charge is 0.491 e. The Kier molecular flexibility index (Phi) is 5.16. The Morgan fingerprint density at radius 3 is 2.74 bits per heavy atom. The van der Waals surface area contributed by atoms with E-state index in [1.54, 1.807) is 0 Å². The zero-order chi connectivity index (χ0) is 13.7. The molecule has 0 amide bonds. The fourth-order valence-corrected chi connectivity index (χ4v) is 2.66. The van der Waals surface area contributed by atoms with E-state index in [9.17, 15) is 0 Å². The first-order valence-corrected chi connectivity index (χ1v) is 7.34. The fraction of sp³-hybridized carbons (Fsp3) is 0.533. The van der Waals surface area contributed by atoms with E-state index in [4.69, 9.17) is 22.7 Å². The number of nitrogens with zero attached hydrogens (tertiary/aromatic N) is 1. The molecular formula is C15H22N2OS. The standard InChI is InChI=1S/C15H22N2OS/c1-12-6-5-7-13(15(16)19)14(12)18-11-10-17-8-3-2-4-9-17/h5-7H,2-4,8-11H2,1H3,(H2,16,19). The van der Waals surface area contributed by atoms with Gasteiger partial charge in [0, 0.05) is 6.54 Å². The molecule has 0 aromatic heterocycles. The number of hydrogen-bond donors (Lipinski definition) is 1. The summed E-state index contributed by atoms with van der Waals surface area (Å²) in [5, 5.41) is 0. The van der Waals surface area contributed by atoms with E-state index in [1.165, 1.54) is 32.4 Å². The van der Waals surface area contributed by atoms with Crippen molar-refractivity contribution < 1.29 is 4.74 Å². The fourth-order valence-electron chi connectivity index (χ4n) is 2.50. The van der Waals surface area contributed by atoms with Crippen molar-refractivity contribution in [2.24, 2.45) is 5.73 Å².